The zero-order valence-electron chi connectivity index (χ0n) is 15.7. The van der Waals surface area contributed by atoms with E-state index in [9.17, 15) is 0 Å². The van der Waals surface area contributed by atoms with Gasteiger partial charge in [-0.2, -0.15) is 0 Å². The molecule has 0 bridgehead atoms. The maximum Gasteiger partial charge on any atom is 0.191 e. The lowest BCUT2D eigenvalue weighted by atomic mass is 10.1. The first-order valence-electron chi connectivity index (χ1n) is 9.16. The standard InChI is InChI=1S/C21H28N4O/c1-17-3-5-18(6-4-17)15-23-21(22-2)24-16-19-7-9-20(10-8-19)25-11-13-26-14-12-25/h3-10H,11-16H2,1-2H3,(H2,22,23,24). The number of hydrogen-bond donors (Lipinski definition) is 2. The molecule has 138 valence electrons. The molecule has 0 radical (unpaired) electrons. The number of morpholine rings is 1. The van der Waals surface area contributed by atoms with E-state index in [-0.39, 0.29) is 0 Å². The molecular weight excluding hydrogens is 324 g/mol. The van der Waals surface area contributed by atoms with Crippen LogP contribution in [0.25, 0.3) is 0 Å². The molecule has 0 amide bonds. The van der Waals surface area contributed by atoms with Crippen LogP contribution in [0, 0.1) is 6.92 Å². The molecule has 0 saturated carbocycles. The van der Waals surface area contributed by atoms with Gasteiger partial charge in [-0.15, -0.1) is 0 Å². The summed E-state index contributed by atoms with van der Waals surface area (Å²) in [4.78, 5) is 6.66. The Morgan fingerprint density at radius 1 is 0.923 bits per heavy atom. The van der Waals surface area contributed by atoms with Gasteiger partial charge in [-0.05, 0) is 30.2 Å². The maximum absolute atomic E-state index is 5.41. The van der Waals surface area contributed by atoms with Gasteiger partial charge in [0.05, 0.1) is 13.2 Å². The molecule has 3 rings (SSSR count). The van der Waals surface area contributed by atoms with Crippen molar-refractivity contribution in [1.29, 1.82) is 0 Å². The summed E-state index contributed by atoms with van der Waals surface area (Å²) < 4.78 is 5.41. The van der Waals surface area contributed by atoms with E-state index in [0.717, 1.165) is 45.4 Å². The van der Waals surface area contributed by atoms with Crippen LogP contribution in [0.4, 0.5) is 5.69 Å². The van der Waals surface area contributed by atoms with E-state index in [1.54, 1.807) is 7.05 Å². The quantitative estimate of drug-likeness (QED) is 0.642. The summed E-state index contributed by atoms with van der Waals surface area (Å²) in [6.07, 6.45) is 0. The summed E-state index contributed by atoms with van der Waals surface area (Å²) in [5, 5.41) is 6.73. The monoisotopic (exact) mass is 352 g/mol. The van der Waals surface area contributed by atoms with Crippen molar-refractivity contribution in [3.63, 3.8) is 0 Å². The largest absolute Gasteiger partial charge is 0.378 e. The van der Waals surface area contributed by atoms with Crippen molar-refractivity contribution in [1.82, 2.24) is 10.6 Å². The highest BCUT2D eigenvalue weighted by Crippen LogP contribution is 2.16. The Balaban J connectivity index is 1.47. The number of aryl methyl sites for hydroxylation is 1. The Labute approximate surface area is 156 Å². The van der Waals surface area contributed by atoms with Gasteiger partial charge < -0.3 is 20.3 Å². The van der Waals surface area contributed by atoms with Crippen LogP contribution < -0.4 is 15.5 Å². The molecule has 1 heterocycles. The fourth-order valence-electron chi connectivity index (χ4n) is 2.94. The van der Waals surface area contributed by atoms with Gasteiger partial charge in [-0.25, -0.2) is 0 Å². The smallest absolute Gasteiger partial charge is 0.191 e. The summed E-state index contributed by atoms with van der Waals surface area (Å²) in [6, 6.07) is 17.2. The van der Waals surface area contributed by atoms with Gasteiger partial charge in [0.1, 0.15) is 0 Å². The topological polar surface area (TPSA) is 48.9 Å². The van der Waals surface area contributed by atoms with E-state index in [1.807, 2.05) is 0 Å². The molecule has 2 aromatic rings. The van der Waals surface area contributed by atoms with Crippen LogP contribution >= 0.6 is 0 Å². The highest BCUT2D eigenvalue weighted by molar-refractivity contribution is 5.79. The number of hydrogen-bond acceptors (Lipinski definition) is 3. The Hall–Kier alpha value is -2.53. The minimum atomic E-state index is 0.747. The van der Waals surface area contributed by atoms with Crippen LogP contribution in [-0.2, 0) is 17.8 Å². The van der Waals surface area contributed by atoms with Crippen molar-refractivity contribution in [2.45, 2.75) is 20.0 Å². The van der Waals surface area contributed by atoms with Crippen molar-refractivity contribution in [3.05, 3.63) is 65.2 Å². The Morgan fingerprint density at radius 2 is 1.46 bits per heavy atom. The number of nitrogens with zero attached hydrogens (tertiary/aromatic N) is 2. The molecule has 2 N–H and O–H groups in total. The molecule has 5 nitrogen and oxygen atoms in total. The molecule has 26 heavy (non-hydrogen) atoms. The number of benzene rings is 2. The number of nitrogens with one attached hydrogen (secondary N) is 2. The van der Waals surface area contributed by atoms with Gasteiger partial charge in [0, 0.05) is 38.9 Å². The van der Waals surface area contributed by atoms with Gasteiger partial charge in [-0.1, -0.05) is 42.0 Å². The molecule has 1 fully saturated rings. The molecule has 1 saturated heterocycles. The summed E-state index contributed by atoms with van der Waals surface area (Å²) in [5.74, 6) is 0.808. The summed E-state index contributed by atoms with van der Waals surface area (Å²) in [5.41, 5.74) is 5.02. The normalized spacial score (nSPS) is 15.0. The average molecular weight is 352 g/mol. The van der Waals surface area contributed by atoms with E-state index in [4.69, 9.17) is 4.74 Å². The van der Waals surface area contributed by atoms with Crippen LogP contribution in [0.15, 0.2) is 53.5 Å². The lowest BCUT2D eigenvalue weighted by Gasteiger charge is -2.28. The average Bonchev–Trinajstić information content (AvgIpc) is 2.70. The SMILES string of the molecule is CN=C(NCc1ccc(C)cc1)NCc1ccc(N2CCOCC2)cc1. The van der Waals surface area contributed by atoms with E-state index in [2.05, 4.69) is 76.0 Å². The van der Waals surface area contributed by atoms with E-state index in [1.165, 1.54) is 22.4 Å². The molecule has 1 aliphatic heterocycles. The molecule has 0 spiro atoms. The first-order valence-corrected chi connectivity index (χ1v) is 9.16. The van der Waals surface area contributed by atoms with Crippen LogP contribution in [0.2, 0.25) is 0 Å². The minimum Gasteiger partial charge on any atom is -0.378 e. The van der Waals surface area contributed by atoms with E-state index >= 15 is 0 Å². The third-order valence-corrected chi connectivity index (χ3v) is 4.58. The highest BCUT2D eigenvalue weighted by Gasteiger charge is 2.10. The third-order valence-electron chi connectivity index (χ3n) is 4.58. The predicted molar refractivity (Wildman–Crippen MR) is 108 cm³/mol. The summed E-state index contributed by atoms with van der Waals surface area (Å²) in [6.45, 7) is 7.16. The van der Waals surface area contributed by atoms with Gasteiger partial charge >= 0.3 is 0 Å². The number of anilines is 1. The minimum absolute atomic E-state index is 0.747. The maximum atomic E-state index is 5.41. The molecule has 0 atom stereocenters. The van der Waals surface area contributed by atoms with Crippen LogP contribution in [0.3, 0.4) is 0 Å². The molecule has 5 heteroatoms. The predicted octanol–water partition coefficient (Wildman–Crippen LogP) is 2.70. The lowest BCUT2D eigenvalue weighted by molar-refractivity contribution is 0.122. The van der Waals surface area contributed by atoms with Gasteiger partial charge in [0.25, 0.3) is 0 Å². The van der Waals surface area contributed by atoms with Crippen molar-refractivity contribution in [2.24, 2.45) is 4.99 Å². The van der Waals surface area contributed by atoms with Crippen molar-refractivity contribution in [2.75, 3.05) is 38.3 Å². The Kier molecular flexibility index (Phi) is 6.50. The first kappa shape index (κ1) is 18.3. The Morgan fingerprint density at radius 3 is 2.00 bits per heavy atom. The fraction of sp³-hybridized carbons (Fsp3) is 0.381. The molecule has 0 aromatic heterocycles. The lowest BCUT2D eigenvalue weighted by Crippen LogP contribution is -2.36. The van der Waals surface area contributed by atoms with Crippen LogP contribution in [0.5, 0.6) is 0 Å². The van der Waals surface area contributed by atoms with Crippen molar-refractivity contribution in [3.8, 4) is 0 Å². The number of rotatable bonds is 5. The molecule has 2 aromatic carbocycles. The Bertz CT molecular complexity index is 704. The second kappa shape index (κ2) is 9.25. The molecule has 0 unspecified atom stereocenters. The van der Waals surface area contributed by atoms with Crippen molar-refractivity contribution >= 4 is 11.6 Å². The zero-order valence-corrected chi connectivity index (χ0v) is 15.7. The van der Waals surface area contributed by atoms with Gasteiger partial charge in [0.2, 0.25) is 0 Å². The third kappa shape index (κ3) is 5.23. The molecular formula is C21H28N4O. The van der Waals surface area contributed by atoms with Crippen molar-refractivity contribution < 1.29 is 4.74 Å². The molecule has 0 aliphatic carbocycles. The number of aliphatic imine (C=N–C) groups is 1. The molecule has 1 aliphatic rings. The fourth-order valence-corrected chi connectivity index (χ4v) is 2.94. The first-order chi connectivity index (χ1) is 12.7. The second-order valence-electron chi connectivity index (χ2n) is 6.53. The van der Waals surface area contributed by atoms with Gasteiger partial charge in [-0.3, -0.25) is 4.99 Å². The van der Waals surface area contributed by atoms with Gasteiger partial charge in [0.15, 0.2) is 5.96 Å². The second-order valence-corrected chi connectivity index (χ2v) is 6.53. The number of guanidine groups is 1. The van der Waals surface area contributed by atoms with Crippen LogP contribution in [0.1, 0.15) is 16.7 Å². The van der Waals surface area contributed by atoms with E-state index < -0.39 is 0 Å². The zero-order chi connectivity index (χ0) is 18.2. The highest BCUT2D eigenvalue weighted by atomic mass is 16.5. The van der Waals surface area contributed by atoms with E-state index in [0.29, 0.717) is 0 Å². The van der Waals surface area contributed by atoms with Crippen LogP contribution in [-0.4, -0.2) is 39.3 Å². The number of ether oxygens (including phenoxy) is 1. The summed E-state index contributed by atoms with van der Waals surface area (Å²) in [7, 11) is 1.80. The summed E-state index contributed by atoms with van der Waals surface area (Å²) >= 11 is 0.